The van der Waals surface area contributed by atoms with Crippen molar-refractivity contribution < 1.29 is 9.53 Å². The molecule has 1 heterocycles. The normalized spacial score (nSPS) is 16.4. The fourth-order valence-corrected chi connectivity index (χ4v) is 2.83. The fraction of sp³-hybridized carbons (Fsp3) is 0.500. The Bertz CT molecular complexity index is 552. The topological polar surface area (TPSA) is 44.1 Å². The summed E-state index contributed by atoms with van der Waals surface area (Å²) in [5.74, 6) is 0.0989. The van der Waals surface area contributed by atoms with Crippen LogP contribution in [0.4, 0.5) is 0 Å². The van der Waals surface area contributed by atoms with Gasteiger partial charge in [0.1, 0.15) is 6.61 Å². The molecule has 0 aliphatic heterocycles. The number of carbonyl (C=O) groups is 1. The lowest BCUT2D eigenvalue weighted by molar-refractivity contribution is -0.150. The summed E-state index contributed by atoms with van der Waals surface area (Å²) in [6.07, 6.45) is 7.54. The molecule has 2 aromatic rings. The Hall–Kier alpha value is -1.84. The number of ether oxygens (including phenoxy) is 1. The van der Waals surface area contributed by atoms with Crippen molar-refractivity contribution >= 4 is 16.9 Å². The Labute approximate surface area is 118 Å². The summed E-state index contributed by atoms with van der Waals surface area (Å²) in [5.41, 5.74) is 0.978. The smallest absolute Gasteiger partial charge is 0.308 e. The molecule has 0 N–H and O–H groups in total. The molecular weight excluding hydrogens is 252 g/mol. The van der Waals surface area contributed by atoms with Crippen molar-refractivity contribution in [3.05, 3.63) is 30.5 Å². The third-order valence-corrected chi connectivity index (χ3v) is 3.96. The number of esters is 1. The summed E-state index contributed by atoms with van der Waals surface area (Å²) in [6.45, 7) is 1.02. The Morgan fingerprint density at radius 3 is 2.85 bits per heavy atom. The zero-order valence-corrected chi connectivity index (χ0v) is 11.6. The van der Waals surface area contributed by atoms with E-state index < -0.39 is 0 Å². The van der Waals surface area contributed by atoms with Gasteiger partial charge in [-0.2, -0.15) is 5.10 Å². The van der Waals surface area contributed by atoms with Crippen molar-refractivity contribution in [2.45, 2.75) is 38.6 Å². The Kier molecular flexibility index (Phi) is 4.00. The average molecular weight is 272 g/mol. The summed E-state index contributed by atoms with van der Waals surface area (Å²) in [5, 5.41) is 5.56. The minimum Gasteiger partial charge on any atom is -0.463 e. The van der Waals surface area contributed by atoms with E-state index in [1.54, 1.807) is 0 Å². The van der Waals surface area contributed by atoms with Gasteiger partial charge in [-0.15, -0.1) is 0 Å². The van der Waals surface area contributed by atoms with Crippen molar-refractivity contribution in [3.8, 4) is 0 Å². The van der Waals surface area contributed by atoms with Crippen molar-refractivity contribution in [1.29, 1.82) is 0 Å². The van der Waals surface area contributed by atoms with E-state index in [-0.39, 0.29) is 11.9 Å². The fourth-order valence-electron chi connectivity index (χ4n) is 2.83. The first kappa shape index (κ1) is 13.2. The van der Waals surface area contributed by atoms with E-state index in [2.05, 4.69) is 5.10 Å². The number of nitrogens with zero attached hydrogens (tertiary/aromatic N) is 2. The lowest BCUT2D eigenvalue weighted by Gasteiger charge is -2.19. The van der Waals surface area contributed by atoms with E-state index in [1.807, 2.05) is 35.1 Å². The van der Waals surface area contributed by atoms with Gasteiger partial charge in [-0.3, -0.25) is 9.48 Å². The SMILES string of the molecule is O=C(OCCn1cc2ccccc2n1)C1CCCCC1. The van der Waals surface area contributed by atoms with Crippen LogP contribution in [0, 0.1) is 5.92 Å². The minimum absolute atomic E-state index is 0.0265. The predicted octanol–water partition coefficient (Wildman–Crippen LogP) is 3.16. The zero-order chi connectivity index (χ0) is 13.8. The van der Waals surface area contributed by atoms with Crippen LogP contribution >= 0.6 is 0 Å². The number of aromatic nitrogens is 2. The molecule has 4 heteroatoms. The van der Waals surface area contributed by atoms with Crippen LogP contribution in [0.3, 0.4) is 0 Å². The monoisotopic (exact) mass is 272 g/mol. The zero-order valence-electron chi connectivity index (χ0n) is 11.6. The molecule has 0 radical (unpaired) electrons. The number of fused-ring (bicyclic) bond motifs is 1. The third kappa shape index (κ3) is 3.00. The van der Waals surface area contributed by atoms with E-state index in [1.165, 1.54) is 6.42 Å². The van der Waals surface area contributed by atoms with E-state index in [4.69, 9.17) is 4.74 Å². The van der Waals surface area contributed by atoms with E-state index in [0.717, 1.165) is 36.6 Å². The van der Waals surface area contributed by atoms with Crippen LogP contribution in [-0.4, -0.2) is 22.4 Å². The number of rotatable bonds is 4. The molecule has 1 fully saturated rings. The van der Waals surface area contributed by atoms with Crippen molar-refractivity contribution in [3.63, 3.8) is 0 Å². The molecule has 0 amide bonds. The van der Waals surface area contributed by atoms with Gasteiger partial charge < -0.3 is 4.74 Å². The van der Waals surface area contributed by atoms with Crippen LogP contribution in [0.5, 0.6) is 0 Å². The highest BCUT2D eigenvalue weighted by atomic mass is 16.5. The summed E-state index contributed by atoms with van der Waals surface area (Å²) in [4.78, 5) is 11.9. The molecule has 1 saturated carbocycles. The maximum absolute atomic E-state index is 11.9. The Morgan fingerprint density at radius 1 is 1.25 bits per heavy atom. The second kappa shape index (κ2) is 6.07. The molecule has 4 nitrogen and oxygen atoms in total. The summed E-state index contributed by atoms with van der Waals surface area (Å²) in [7, 11) is 0. The molecule has 1 aromatic heterocycles. The van der Waals surface area contributed by atoms with Crippen LogP contribution in [-0.2, 0) is 16.1 Å². The van der Waals surface area contributed by atoms with Gasteiger partial charge in [0.25, 0.3) is 0 Å². The highest BCUT2D eigenvalue weighted by Gasteiger charge is 2.22. The van der Waals surface area contributed by atoms with E-state index >= 15 is 0 Å². The first-order valence-corrected chi connectivity index (χ1v) is 7.42. The lowest BCUT2D eigenvalue weighted by atomic mass is 9.89. The highest BCUT2D eigenvalue weighted by Crippen LogP contribution is 2.24. The number of carbonyl (C=O) groups excluding carboxylic acids is 1. The molecule has 1 aliphatic rings. The van der Waals surface area contributed by atoms with Crippen LogP contribution < -0.4 is 0 Å². The Morgan fingerprint density at radius 2 is 2.05 bits per heavy atom. The predicted molar refractivity (Wildman–Crippen MR) is 77.3 cm³/mol. The van der Waals surface area contributed by atoms with Crippen molar-refractivity contribution in [1.82, 2.24) is 9.78 Å². The molecule has 1 aromatic carbocycles. The number of hydrogen-bond acceptors (Lipinski definition) is 3. The van der Waals surface area contributed by atoms with Gasteiger partial charge in [0.2, 0.25) is 0 Å². The van der Waals surface area contributed by atoms with Crippen molar-refractivity contribution in [2.75, 3.05) is 6.61 Å². The van der Waals surface area contributed by atoms with Crippen LogP contribution in [0.2, 0.25) is 0 Å². The molecule has 0 bridgehead atoms. The molecule has 1 aliphatic carbocycles. The maximum Gasteiger partial charge on any atom is 0.308 e. The molecule has 106 valence electrons. The number of hydrogen-bond donors (Lipinski definition) is 0. The largest absolute Gasteiger partial charge is 0.463 e. The second-order valence-electron chi connectivity index (χ2n) is 5.45. The molecule has 0 atom stereocenters. The summed E-state index contributed by atoms with van der Waals surface area (Å²) in [6, 6.07) is 7.99. The molecule has 3 rings (SSSR count). The van der Waals surface area contributed by atoms with Gasteiger partial charge in [0.15, 0.2) is 0 Å². The van der Waals surface area contributed by atoms with Crippen LogP contribution in [0.15, 0.2) is 30.5 Å². The third-order valence-electron chi connectivity index (χ3n) is 3.96. The quantitative estimate of drug-likeness (QED) is 0.803. The number of benzene rings is 1. The van der Waals surface area contributed by atoms with E-state index in [0.29, 0.717) is 13.2 Å². The van der Waals surface area contributed by atoms with Gasteiger partial charge in [-0.1, -0.05) is 37.5 Å². The molecule has 20 heavy (non-hydrogen) atoms. The maximum atomic E-state index is 11.9. The lowest BCUT2D eigenvalue weighted by Crippen LogP contribution is -2.22. The Balaban J connectivity index is 1.50. The van der Waals surface area contributed by atoms with E-state index in [9.17, 15) is 4.79 Å². The first-order valence-electron chi connectivity index (χ1n) is 7.42. The average Bonchev–Trinajstić information content (AvgIpc) is 2.90. The highest BCUT2D eigenvalue weighted by molar-refractivity contribution is 5.77. The van der Waals surface area contributed by atoms with Crippen LogP contribution in [0.1, 0.15) is 32.1 Å². The van der Waals surface area contributed by atoms with Crippen molar-refractivity contribution in [2.24, 2.45) is 5.92 Å². The second-order valence-corrected chi connectivity index (χ2v) is 5.45. The van der Waals surface area contributed by atoms with Gasteiger partial charge in [0.05, 0.1) is 18.0 Å². The van der Waals surface area contributed by atoms with Gasteiger partial charge in [-0.25, -0.2) is 0 Å². The molecular formula is C16H20N2O2. The van der Waals surface area contributed by atoms with Gasteiger partial charge in [0, 0.05) is 11.6 Å². The van der Waals surface area contributed by atoms with Crippen LogP contribution in [0.25, 0.3) is 10.9 Å². The van der Waals surface area contributed by atoms with Gasteiger partial charge >= 0.3 is 5.97 Å². The standard InChI is InChI=1S/C16H20N2O2/c19-16(13-6-2-1-3-7-13)20-11-10-18-12-14-8-4-5-9-15(14)17-18/h4-5,8-9,12-13H,1-3,6-7,10-11H2. The molecule has 0 spiro atoms. The molecule has 0 saturated heterocycles. The summed E-state index contributed by atoms with van der Waals surface area (Å²) >= 11 is 0. The summed E-state index contributed by atoms with van der Waals surface area (Å²) < 4.78 is 7.23. The minimum atomic E-state index is -0.0265. The first-order chi connectivity index (χ1) is 9.83. The van der Waals surface area contributed by atoms with Gasteiger partial charge in [-0.05, 0) is 18.9 Å². The molecule has 0 unspecified atom stereocenters.